The van der Waals surface area contributed by atoms with Crippen molar-refractivity contribution in [2.75, 3.05) is 0 Å². The van der Waals surface area contributed by atoms with E-state index in [1.807, 2.05) is 0 Å². The second-order valence-electron chi connectivity index (χ2n) is 3.90. The molecule has 16 heavy (non-hydrogen) atoms. The first kappa shape index (κ1) is 10.6. The quantitative estimate of drug-likeness (QED) is 0.360. The van der Waals surface area contributed by atoms with Gasteiger partial charge in [0, 0.05) is 18.1 Å². The molecule has 5 heteroatoms. The van der Waals surface area contributed by atoms with Gasteiger partial charge in [0.25, 0.3) is 5.69 Å². The summed E-state index contributed by atoms with van der Waals surface area (Å²) in [6, 6.07) is 4.91. The fourth-order valence-corrected chi connectivity index (χ4v) is 2.17. The van der Waals surface area contributed by atoms with Crippen LogP contribution < -0.4 is 0 Å². The average molecular weight is 220 g/mol. The normalized spacial score (nSPS) is 19.6. The van der Waals surface area contributed by atoms with Crippen LogP contribution in [0.5, 0.6) is 0 Å². The number of hydrogen-bond donors (Lipinski definition) is 1. The molecule has 0 fully saturated rings. The summed E-state index contributed by atoms with van der Waals surface area (Å²) in [7, 11) is 0. The second kappa shape index (κ2) is 4.30. The summed E-state index contributed by atoms with van der Waals surface area (Å²) in [5.41, 5.74) is 2.12. The lowest BCUT2D eigenvalue weighted by atomic mass is 9.83. The van der Waals surface area contributed by atoms with Crippen LogP contribution in [-0.2, 0) is 6.42 Å². The van der Waals surface area contributed by atoms with Crippen LogP contribution in [0.1, 0.15) is 29.9 Å². The predicted octanol–water partition coefficient (Wildman–Crippen LogP) is 2.47. The molecule has 1 aromatic carbocycles. The number of benzene rings is 1. The summed E-state index contributed by atoms with van der Waals surface area (Å²) in [6.45, 7) is 0. The molecular weight excluding hydrogens is 208 g/mol. The Labute approximate surface area is 92.5 Å². The molecule has 0 bridgehead atoms. The zero-order valence-corrected chi connectivity index (χ0v) is 8.67. The third-order valence-corrected chi connectivity index (χ3v) is 2.95. The van der Waals surface area contributed by atoms with Crippen LogP contribution in [-0.4, -0.2) is 16.3 Å². The minimum absolute atomic E-state index is 0.00588. The topological polar surface area (TPSA) is 75.7 Å². The van der Waals surface area contributed by atoms with E-state index in [0.29, 0.717) is 0 Å². The molecule has 0 heterocycles. The third-order valence-electron chi connectivity index (χ3n) is 2.95. The molecule has 84 valence electrons. The molecule has 0 saturated carbocycles. The molecule has 0 aliphatic heterocycles. The van der Waals surface area contributed by atoms with Crippen molar-refractivity contribution >= 4 is 11.9 Å². The second-order valence-corrected chi connectivity index (χ2v) is 3.90. The molecule has 0 spiro atoms. The van der Waals surface area contributed by atoms with Crippen LogP contribution >= 0.6 is 0 Å². The van der Waals surface area contributed by atoms with E-state index in [0.717, 1.165) is 30.4 Å². The van der Waals surface area contributed by atoms with Gasteiger partial charge in [0.05, 0.1) is 11.1 Å². The smallest absolute Gasteiger partial charge is 0.269 e. The van der Waals surface area contributed by atoms with Gasteiger partial charge in [0.1, 0.15) is 0 Å². The summed E-state index contributed by atoms with van der Waals surface area (Å²) in [4.78, 5) is 10.3. The molecule has 0 aromatic heterocycles. The van der Waals surface area contributed by atoms with Crippen LogP contribution in [0, 0.1) is 10.1 Å². The first-order valence-corrected chi connectivity index (χ1v) is 5.17. The molecule has 1 aromatic rings. The Balaban J connectivity index is 2.44. The Hall–Kier alpha value is -1.91. The van der Waals surface area contributed by atoms with Crippen molar-refractivity contribution in [1.82, 2.24) is 0 Å². The lowest BCUT2D eigenvalue weighted by Gasteiger charge is -2.21. The van der Waals surface area contributed by atoms with Crippen molar-refractivity contribution in [3.8, 4) is 0 Å². The van der Waals surface area contributed by atoms with E-state index in [1.54, 1.807) is 12.1 Å². The first-order chi connectivity index (χ1) is 7.72. The van der Waals surface area contributed by atoms with E-state index in [4.69, 9.17) is 5.21 Å². The zero-order chi connectivity index (χ0) is 11.5. The molecule has 1 aliphatic rings. The van der Waals surface area contributed by atoms with Crippen LogP contribution in [0.15, 0.2) is 23.4 Å². The van der Waals surface area contributed by atoms with E-state index >= 15 is 0 Å². The Morgan fingerprint density at radius 1 is 1.56 bits per heavy atom. The third kappa shape index (κ3) is 1.88. The molecule has 2 rings (SSSR count). The number of nitro benzene ring substituents is 1. The summed E-state index contributed by atoms with van der Waals surface area (Å²) in [5.74, 6) is -0.00588. The van der Waals surface area contributed by atoms with Gasteiger partial charge in [-0.25, -0.2) is 0 Å². The maximum atomic E-state index is 10.7. The van der Waals surface area contributed by atoms with Crippen molar-refractivity contribution in [1.29, 1.82) is 0 Å². The Morgan fingerprint density at radius 3 is 3.06 bits per heavy atom. The predicted molar refractivity (Wildman–Crippen MR) is 59.1 cm³/mol. The highest BCUT2D eigenvalue weighted by Crippen LogP contribution is 2.32. The van der Waals surface area contributed by atoms with Gasteiger partial charge in [-0.3, -0.25) is 10.1 Å². The molecule has 0 radical (unpaired) electrons. The van der Waals surface area contributed by atoms with Crippen LogP contribution in [0.25, 0.3) is 0 Å². The van der Waals surface area contributed by atoms with Gasteiger partial charge >= 0.3 is 0 Å². The number of aryl methyl sites for hydroxylation is 1. The van der Waals surface area contributed by atoms with E-state index in [-0.39, 0.29) is 11.6 Å². The lowest BCUT2D eigenvalue weighted by molar-refractivity contribution is -0.384. The highest BCUT2D eigenvalue weighted by atomic mass is 16.6. The minimum Gasteiger partial charge on any atom is -0.411 e. The molecule has 1 aliphatic carbocycles. The fraction of sp³-hybridized carbons (Fsp3) is 0.364. The largest absolute Gasteiger partial charge is 0.411 e. The van der Waals surface area contributed by atoms with Gasteiger partial charge < -0.3 is 5.21 Å². The van der Waals surface area contributed by atoms with Crippen LogP contribution in [0.4, 0.5) is 5.69 Å². The average Bonchev–Trinajstić information content (AvgIpc) is 2.29. The Kier molecular flexibility index (Phi) is 2.85. The van der Waals surface area contributed by atoms with Crippen LogP contribution in [0.2, 0.25) is 0 Å². The molecule has 0 saturated heterocycles. The number of fused-ring (bicyclic) bond motifs is 1. The Bertz CT molecular complexity index is 443. The van der Waals surface area contributed by atoms with E-state index in [2.05, 4.69) is 5.16 Å². The summed E-state index contributed by atoms with van der Waals surface area (Å²) in [6.07, 6.45) is 4.27. The van der Waals surface area contributed by atoms with Crippen LogP contribution in [0.3, 0.4) is 0 Å². The summed E-state index contributed by atoms with van der Waals surface area (Å²) in [5, 5.41) is 22.3. The number of nitro groups is 1. The maximum Gasteiger partial charge on any atom is 0.269 e. The van der Waals surface area contributed by atoms with Crippen molar-refractivity contribution < 1.29 is 10.1 Å². The monoisotopic (exact) mass is 220 g/mol. The van der Waals surface area contributed by atoms with Crippen molar-refractivity contribution in [3.05, 3.63) is 39.4 Å². The van der Waals surface area contributed by atoms with Gasteiger partial charge in [-0.2, -0.15) is 0 Å². The molecule has 1 N–H and O–H groups in total. The highest BCUT2D eigenvalue weighted by molar-refractivity contribution is 5.69. The fourth-order valence-electron chi connectivity index (χ4n) is 2.17. The molecular formula is C11H12N2O3. The number of oxime groups is 1. The summed E-state index contributed by atoms with van der Waals surface area (Å²) < 4.78 is 0. The SMILES string of the molecule is O=[N+]([O-])c1ccc2c(c1)C(C=NO)CCC2. The lowest BCUT2D eigenvalue weighted by Crippen LogP contribution is -2.11. The number of hydrogen-bond acceptors (Lipinski definition) is 4. The molecule has 1 atom stereocenters. The maximum absolute atomic E-state index is 10.7. The highest BCUT2D eigenvalue weighted by Gasteiger charge is 2.21. The Morgan fingerprint density at radius 2 is 2.38 bits per heavy atom. The molecule has 1 unspecified atom stereocenters. The van der Waals surface area contributed by atoms with E-state index in [9.17, 15) is 10.1 Å². The van der Waals surface area contributed by atoms with E-state index < -0.39 is 4.92 Å². The number of non-ortho nitro benzene ring substituents is 1. The minimum atomic E-state index is -0.401. The first-order valence-electron chi connectivity index (χ1n) is 5.17. The van der Waals surface area contributed by atoms with Gasteiger partial charge in [-0.1, -0.05) is 6.07 Å². The zero-order valence-electron chi connectivity index (χ0n) is 8.67. The van der Waals surface area contributed by atoms with Crippen molar-refractivity contribution in [2.45, 2.75) is 25.2 Å². The standard InChI is InChI=1S/C11H12N2O3/c14-12-7-9-3-1-2-8-4-5-10(13(15)16)6-11(8)9/h4-7,9,14H,1-3H2. The number of nitrogens with zero attached hydrogens (tertiary/aromatic N) is 2. The van der Waals surface area contributed by atoms with Gasteiger partial charge in [-0.15, -0.1) is 5.16 Å². The van der Waals surface area contributed by atoms with Crippen molar-refractivity contribution in [3.63, 3.8) is 0 Å². The van der Waals surface area contributed by atoms with Gasteiger partial charge in [0.2, 0.25) is 0 Å². The molecule has 0 amide bonds. The van der Waals surface area contributed by atoms with E-state index in [1.165, 1.54) is 12.3 Å². The van der Waals surface area contributed by atoms with Gasteiger partial charge in [0.15, 0.2) is 0 Å². The molecule has 5 nitrogen and oxygen atoms in total. The van der Waals surface area contributed by atoms with Gasteiger partial charge in [-0.05, 0) is 30.4 Å². The number of rotatable bonds is 2. The summed E-state index contributed by atoms with van der Waals surface area (Å²) >= 11 is 0. The van der Waals surface area contributed by atoms with Crippen molar-refractivity contribution in [2.24, 2.45) is 5.16 Å².